The molecule has 35 heavy (non-hydrogen) atoms. The minimum absolute atomic E-state index is 0.102. The van der Waals surface area contributed by atoms with Gasteiger partial charge in [0.05, 0.1) is 11.2 Å². The molecule has 3 heterocycles. The van der Waals surface area contributed by atoms with Gasteiger partial charge in [0.1, 0.15) is 17.2 Å². The van der Waals surface area contributed by atoms with E-state index in [1.165, 1.54) is 12.3 Å². The number of rotatable bonds is 6. The van der Waals surface area contributed by atoms with Crippen LogP contribution in [0.2, 0.25) is 0 Å². The Morgan fingerprint density at radius 3 is 2.43 bits per heavy atom. The second-order valence-corrected chi connectivity index (χ2v) is 9.54. The first kappa shape index (κ1) is 23.3. The number of pyridine rings is 1. The summed E-state index contributed by atoms with van der Waals surface area (Å²) in [6, 6.07) is 3.00. The van der Waals surface area contributed by atoms with Crippen molar-refractivity contribution in [3.63, 3.8) is 0 Å². The highest BCUT2D eigenvalue weighted by atomic mass is 19.1. The molecule has 1 aromatic carbocycles. The molecular weight excluding hydrogens is 451 g/mol. The second kappa shape index (κ2) is 9.33. The number of nitrogens with zero attached hydrogens (tertiary/aromatic N) is 4. The van der Waals surface area contributed by atoms with Crippen molar-refractivity contribution >= 4 is 28.4 Å². The fourth-order valence-corrected chi connectivity index (χ4v) is 5.02. The highest BCUT2D eigenvalue weighted by Gasteiger charge is 2.29. The molecule has 0 bridgehead atoms. The van der Waals surface area contributed by atoms with Crippen molar-refractivity contribution in [2.24, 2.45) is 0 Å². The molecule has 1 aliphatic carbocycles. The number of fused-ring (bicyclic) bond motifs is 1. The Balaban J connectivity index is 1.32. The molecule has 0 unspecified atom stereocenters. The fraction of sp³-hybridized carbons (Fsp3) is 0.480. The van der Waals surface area contributed by atoms with E-state index < -0.39 is 17.2 Å². The van der Waals surface area contributed by atoms with E-state index in [4.69, 9.17) is 5.41 Å². The van der Waals surface area contributed by atoms with Crippen LogP contribution in [0.1, 0.15) is 35.7 Å². The normalized spacial score (nSPS) is 18.7. The Kier molecular flexibility index (Phi) is 6.22. The van der Waals surface area contributed by atoms with Gasteiger partial charge in [-0.05, 0) is 25.0 Å². The molecule has 9 nitrogen and oxygen atoms in total. The van der Waals surface area contributed by atoms with E-state index in [2.05, 4.69) is 16.8 Å². The largest absolute Gasteiger partial charge is 0.477 e. The number of carboxylic acids is 1. The van der Waals surface area contributed by atoms with Crippen LogP contribution in [0.15, 0.2) is 35.4 Å². The van der Waals surface area contributed by atoms with Crippen LogP contribution in [0.25, 0.3) is 10.9 Å². The van der Waals surface area contributed by atoms with Crippen LogP contribution in [0.5, 0.6) is 0 Å². The average molecular weight is 483 g/mol. The molecule has 10 heteroatoms. The summed E-state index contributed by atoms with van der Waals surface area (Å²) in [7, 11) is 0. The zero-order valence-electron chi connectivity index (χ0n) is 19.7. The predicted molar refractivity (Wildman–Crippen MR) is 133 cm³/mol. The first-order valence-electron chi connectivity index (χ1n) is 12.2. The Hall–Kier alpha value is -3.40. The SMILES string of the molecule is C=C(CC(=N)N1CCN(c2cc3c(cc2F)c(=O)c(C(=O)O)cn3C2CC2)CC1)N1CCNCC1. The van der Waals surface area contributed by atoms with Gasteiger partial charge in [-0.25, -0.2) is 9.18 Å². The highest BCUT2D eigenvalue weighted by Crippen LogP contribution is 2.38. The molecule has 1 aromatic heterocycles. The van der Waals surface area contributed by atoms with Crippen LogP contribution in [-0.2, 0) is 0 Å². The van der Waals surface area contributed by atoms with Gasteiger partial charge in [-0.1, -0.05) is 6.58 Å². The summed E-state index contributed by atoms with van der Waals surface area (Å²) >= 11 is 0. The van der Waals surface area contributed by atoms with Crippen molar-refractivity contribution < 1.29 is 14.3 Å². The summed E-state index contributed by atoms with van der Waals surface area (Å²) in [6.07, 6.45) is 3.72. The van der Waals surface area contributed by atoms with Crippen LogP contribution in [0, 0.1) is 11.2 Å². The number of amidine groups is 1. The van der Waals surface area contributed by atoms with Gasteiger partial charge in [-0.2, -0.15) is 0 Å². The molecule has 5 rings (SSSR count). The van der Waals surface area contributed by atoms with E-state index in [0.29, 0.717) is 49.6 Å². The fourth-order valence-electron chi connectivity index (χ4n) is 5.02. The molecule has 3 aliphatic rings. The van der Waals surface area contributed by atoms with Crippen molar-refractivity contribution in [3.05, 3.63) is 52.2 Å². The maximum Gasteiger partial charge on any atom is 0.341 e. The van der Waals surface area contributed by atoms with E-state index in [9.17, 15) is 14.7 Å². The van der Waals surface area contributed by atoms with Gasteiger partial charge < -0.3 is 29.7 Å². The Morgan fingerprint density at radius 1 is 1.11 bits per heavy atom. The van der Waals surface area contributed by atoms with Crippen LogP contribution in [0.3, 0.4) is 0 Å². The smallest absolute Gasteiger partial charge is 0.341 e. The van der Waals surface area contributed by atoms with E-state index >= 15 is 4.39 Å². The van der Waals surface area contributed by atoms with Gasteiger partial charge in [-0.15, -0.1) is 0 Å². The summed E-state index contributed by atoms with van der Waals surface area (Å²) in [5.41, 5.74) is 0.953. The van der Waals surface area contributed by atoms with Crippen molar-refractivity contribution in [2.45, 2.75) is 25.3 Å². The number of carboxylic acid groups (broad SMARTS) is 1. The predicted octanol–water partition coefficient (Wildman–Crippen LogP) is 2.08. The minimum atomic E-state index is -1.30. The summed E-state index contributed by atoms with van der Waals surface area (Å²) in [4.78, 5) is 30.4. The molecule has 2 aromatic rings. The standard InChI is InChI=1S/C25H31FN6O3/c1-16(29-6-4-28-5-7-29)12-23(27)31-10-8-30(9-11-31)22-14-21-18(13-20(22)26)24(33)19(25(34)35)15-32(21)17-2-3-17/h13-15,17,27-28H,1-12H2,(H,34,35). The number of piperazine rings is 2. The lowest BCUT2D eigenvalue weighted by Gasteiger charge is -2.38. The van der Waals surface area contributed by atoms with Crippen molar-refractivity contribution in [2.75, 3.05) is 57.3 Å². The van der Waals surface area contributed by atoms with E-state index in [-0.39, 0.29) is 17.0 Å². The molecule has 0 atom stereocenters. The molecule has 0 spiro atoms. The number of hydrogen-bond acceptors (Lipinski definition) is 6. The number of aromatic nitrogens is 1. The Morgan fingerprint density at radius 2 is 1.80 bits per heavy atom. The minimum Gasteiger partial charge on any atom is -0.477 e. The van der Waals surface area contributed by atoms with Gasteiger partial charge in [-0.3, -0.25) is 10.2 Å². The lowest BCUT2D eigenvalue weighted by Crippen LogP contribution is -2.49. The van der Waals surface area contributed by atoms with Gasteiger partial charge >= 0.3 is 5.97 Å². The number of aromatic carboxylic acids is 1. The second-order valence-electron chi connectivity index (χ2n) is 9.54. The van der Waals surface area contributed by atoms with Crippen LogP contribution >= 0.6 is 0 Å². The molecule has 2 aliphatic heterocycles. The summed E-state index contributed by atoms with van der Waals surface area (Å²) in [6.45, 7) is 10.1. The average Bonchev–Trinajstić information content (AvgIpc) is 3.70. The molecule has 3 fully saturated rings. The monoisotopic (exact) mass is 482 g/mol. The Bertz CT molecular complexity index is 1240. The topological polar surface area (TPSA) is 105 Å². The lowest BCUT2D eigenvalue weighted by molar-refractivity contribution is 0.0695. The number of halogens is 1. The van der Waals surface area contributed by atoms with Crippen molar-refractivity contribution in [3.8, 4) is 0 Å². The molecule has 3 N–H and O–H groups in total. The third kappa shape index (κ3) is 4.62. The summed E-state index contributed by atoms with van der Waals surface area (Å²) < 4.78 is 17.0. The number of benzene rings is 1. The zero-order valence-corrected chi connectivity index (χ0v) is 19.7. The molecule has 0 radical (unpaired) electrons. The highest BCUT2D eigenvalue weighted by molar-refractivity contribution is 5.93. The van der Waals surface area contributed by atoms with E-state index in [0.717, 1.165) is 44.7 Å². The number of hydrogen-bond donors (Lipinski definition) is 3. The summed E-state index contributed by atoms with van der Waals surface area (Å²) in [5.74, 6) is -1.31. The number of anilines is 1. The van der Waals surface area contributed by atoms with Gasteiger partial charge in [0.15, 0.2) is 0 Å². The quantitative estimate of drug-likeness (QED) is 0.428. The molecule has 1 saturated carbocycles. The number of nitrogens with one attached hydrogen (secondary N) is 2. The first-order valence-corrected chi connectivity index (χ1v) is 12.2. The molecule has 2 saturated heterocycles. The van der Waals surface area contributed by atoms with E-state index in [1.807, 2.05) is 14.4 Å². The van der Waals surface area contributed by atoms with Gasteiger partial charge in [0.25, 0.3) is 0 Å². The number of carbonyl (C=O) groups is 1. The molecular formula is C25H31FN6O3. The van der Waals surface area contributed by atoms with Crippen molar-refractivity contribution in [1.29, 1.82) is 5.41 Å². The molecule has 186 valence electrons. The van der Waals surface area contributed by atoms with Crippen LogP contribution in [-0.4, -0.2) is 83.6 Å². The third-order valence-corrected chi connectivity index (χ3v) is 7.21. The lowest BCUT2D eigenvalue weighted by atomic mass is 10.1. The van der Waals surface area contributed by atoms with Gasteiger partial charge in [0.2, 0.25) is 5.43 Å². The van der Waals surface area contributed by atoms with E-state index in [1.54, 1.807) is 6.07 Å². The van der Waals surface area contributed by atoms with Crippen LogP contribution in [0.4, 0.5) is 10.1 Å². The zero-order chi connectivity index (χ0) is 24.7. The third-order valence-electron chi connectivity index (χ3n) is 7.21. The van der Waals surface area contributed by atoms with Crippen LogP contribution < -0.4 is 15.6 Å². The molecule has 0 amide bonds. The summed E-state index contributed by atoms with van der Waals surface area (Å²) in [5, 5.41) is 21.4. The maximum absolute atomic E-state index is 15.2. The first-order chi connectivity index (χ1) is 16.8. The van der Waals surface area contributed by atoms with Gasteiger partial charge in [0, 0.05) is 82.1 Å². The van der Waals surface area contributed by atoms with Crippen molar-refractivity contribution in [1.82, 2.24) is 19.7 Å². The Labute approximate surface area is 202 Å². The maximum atomic E-state index is 15.2.